The standard InChI is InChI=1S/C25H25N3O3/c1-2-30-24-14-18(13-21(16-27)25(29)28-22-9-5-6-10-22)11-12-23(24)31-17-20-8-4-3-7-19(20)15-26/h3-4,7-8,11-14,22H,2,5-6,9-10,17H2,1H3,(H,28,29)/b21-13-. The van der Waals surface area contributed by atoms with Gasteiger partial charge >= 0.3 is 0 Å². The van der Waals surface area contributed by atoms with Crippen LogP contribution in [0.2, 0.25) is 0 Å². The quantitative estimate of drug-likeness (QED) is 0.506. The molecule has 0 bridgehead atoms. The minimum atomic E-state index is -0.346. The van der Waals surface area contributed by atoms with Crippen molar-refractivity contribution in [3.05, 3.63) is 64.7 Å². The van der Waals surface area contributed by atoms with E-state index in [1.54, 1.807) is 30.3 Å². The summed E-state index contributed by atoms with van der Waals surface area (Å²) in [5, 5.41) is 21.6. The molecule has 1 N–H and O–H groups in total. The molecule has 6 heteroatoms. The summed E-state index contributed by atoms with van der Waals surface area (Å²) in [7, 11) is 0. The Morgan fingerprint density at radius 2 is 1.90 bits per heavy atom. The highest BCUT2D eigenvalue weighted by molar-refractivity contribution is 6.01. The van der Waals surface area contributed by atoms with Gasteiger partial charge in [0.15, 0.2) is 11.5 Å². The SMILES string of the molecule is CCOc1cc(/C=C(/C#N)C(=O)NC2CCCC2)ccc1OCc1ccccc1C#N. The van der Waals surface area contributed by atoms with Crippen molar-refractivity contribution in [3.8, 4) is 23.6 Å². The predicted octanol–water partition coefficient (Wildman–Crippen LogP) is 4.50. The summed E-state index contributed by atoms with van der Waals surface area (Å²) in [5.74, 6) is 0.695. The first-order chi connectivity index (χ1) is 15.1. The molecule has 0 spiro atoms. The van der Waals surface area contributed by atoms with E-state index in [0.717, 1.165) is 31.2 Å². The second-order valence-electron chi connectivity index (χ2n) is 7.32. The summed E-state index contributed by atoms with van der Waals surface area (Å²) in [5.41, 5.74) is 2.08. The zero-order valence-corrected chi connectivity index (χ0v) is 17.6. The van der Waals surface area contributed by atoms with Gasteiger partial charge in [-0.25, -0.2) is 0 Å². The second kappa shape index (κ2) is 10.8. The lowest BCUT2D eigenvalue weighted by Crippen LogP contribution is -2.33. The average Bonchev–Trinajstić information content (AvgIpc) is 3.30. The molecule has 0 unspecified atom stereocenters. The summed E-state index contributed by atoms with van der Waals surface area (Å²) in [6, 6.07) is 16.8. The molecule has 6 nitrogen and oxygen atoms in total. The zero-order chi connectivity index (χ0) is 22.1. The van der Waals surface area contributed by atoms with Crippen LogP contribution in [-0.4, -0.2) is 18.6 Å². The Morgan fingerprint density at radius 3 is 2.61 bits per heavy atom. The Labute approximate surface area is 182 Å². The number of nitriles is 2. The molecule has 0 heterocycles. The van der Waals surface area contributed by atoms with E-state index < -0.39 is 0 Å². The Kier molecular flexibility index (Phi) is 7.67. The number of ether oxygens (including phenoxy) is 2. The smallest absolute Gasteiger partial charge is 0.262 e. The molecule has 0 atom stereocenters. The highest BCUT2D eigenvalue weighted by Gasteiger charge is 2.19. The lowest BCUT2D eigenvalue weighted by atomic mass is 10.1. The van der Waals surface area contributed by atoms with E-state index >= 15 is 0 Å². The van der Waals surface area contributed by atoms with Crippen LogP contribution in [0.3, 0.4) is 0 Å². The third kappa shape index (κ3) is 5.87. The number of nitrogens with zero attached hydrogens (tertiary/aromatic N) is 2. The molecule has 3 rings (SSSR count). The highest BCUT2D eigenvalue weighted by atomic mass is 16.5. The fraction of sp³-hybridized carbons (Fsp3) is 0.320. The van der Waals surface area contributed by atoms with E-state index in [0.29, 0.717) is 29.2 Å². The first-order valence-corrected chi connectivity index (χ1v) is 10.4. The van der Waals surface area contributed by atoms with Crippen molar-refractivity contribution in [2.24, 2.45) is 0 Å². The molecular weight excluding hydrogens is 390 g/mol. The van der Waals surface area contributed by atoms with Crippen molar-refractivity contribution in [2.45, 2.75) is 45.3 Å². The van der Waals surface area contributed by atoms with Gasteiger partial charge in [0.1, 0.15) is 18.2 Å². The van der Waals surface area contributed by atoms with Gasteiger partial charge in [0.25, 0.3) is 5.91 Å². The number of hydrogen-bond donors (Lipinski definition) is 1. The van der Waals surface area contributed by atoms with Crippen molar-refractivity contribution in [1.29, 1.82) is 10.5 Å². The van der Waals surface area contributed by atoms with Crippen molar-refractivity contribution in [2.75, 3.05) is 6.61 Å². The predicted molar refractivity (Wildman–Crippen MR) is 117 cm³/mol. The first-order valence-electron chi connectivity index (χ1n) is 10.4. The number of benzene rings is 2. The second-order valence-corrected chi connectivity index (χ2v) is 7.32. The molecule has 1 aliphatic carbocycles. The van der Waals surface area contributed by atoms with E-state index in [9.17, 15) is 15.3 Å². The van der Waals surface area contributed by atoms with Crippen molar-refractivity contribution in [3.63, 3.8) is 0 Å². The Bertz CT molecular complexity index is 1040. The Morgan fingerprint density at radius 1 is 1.13 bits per heavy atom. The number of carbonyl (C=O) groups is 1. The average molecular weight is 415 g/mol. The largest absolute Gasteiger partial charge is 0.490 e. The number of hydrogen-bond acceptors (Lipinski definition) is 5. The van der Waals surface area contributed by atoms with E-state index in [1.807, 2.05) is 31.2 Å². The van der Waals surface area contributed by atoms with Crippen molar-refractivity contribution >= 4 is 12.0 Å². The molecular formula is C25H25N3O3. The van der Waals surface area contributed by atoms with E-state index in [2.05, 4.69) is 11.4 Å². The van der Waals surface area contributed by atoms with Gasteiger partial charge in [-0.15, -0.1) is 0 Å². The van der Waals surface area contributed by atoms with Gasteiger partial charge in [-0.3, -0.25) is 4.79 Å². The molecule has 2 aromatic rings. The van der Waals surface area contributed by atoms with E-state index in [1.165, 1.54) is 0 Å². The first kappa shape index (κ1) is 21.9. The van der Waals surface area contributed by atoms with Gasteiger partial charge in [0, 0.05) is 11.6 Å². The minimum absolute atomic E-state index is 0.0611. The van der Waals surface area contributed by atoms with Crippen LogP contribution in [0.25, 0.3) is 6.08 Å². The molecule has 0 aromatic heterocycles. The molecule has 31 heavy (non-hydrogen) atoms. The van der Waals surface area contributed by atoms with E-state index in [-0.39, 0.29) is 24.1 Å². The van der Waals surface area contributed by atoms with Crippen LogP contribution in [0, 0.1) is 22.7 Å². The van der Waals surface area contributed by atoms with Crippen LogP contribution in [-0.2, 0) is 11.4 Å². The molecule has 1 amide bonds. The number of amides is 1. The molecule has 0 saturated heterocycles. The molecule has 2 aromatic carbocycles. The van der Waals surface area contributed by atoms with Crippen LogP contribution in [0.15, 0.2) is 48.0 Å². The van der Waals surface area contributed by atoms with Gasteiger partial charge in [0.05, 0.1) is 18.2 Å². The lowest BCUT2D eigenvalue weighted by Gasteiger charge is -2.14. The van der Waals surface area contributed by atoms with Gasteiger partial charge in [0.2, 0.25) is 0 Å². The van der Waals surface area contributed by atoms with E-state index in [4.69, 9.17) is 9.47 Å². The Balaban J connectivity index is 1.77. The van der Waals surface area contributed by atoms with Gasteiger partial charge in [-0.2, -0.15) is 10.5 Å². The van der Waals surface area contributed by atoms with Crippen LogP contribution < -0.4 is 14.8 Å². The topological polar surface area (TPSA) is 95.1 Å². The van der Waals surface area contributed by atoms with Gasteiger partial charge in [-0.1, -0.05) is 37.1 Å². The molecule has 1 aliphatic rings. The molecule has 1 saturated carbocycles. The molecule has 158 valence electrons. The molecule has 0 aliphatic heterocycles. The molecule has 1 fully saturated rings. The third-order valence-corrected chi connectivity index (χ3v) is 5.16. The fourth-order valence-corrected chi connectivity index (χ4v) is 3.56. The summed E-state index contributed by atoms with van der Waals surface area (Å²) in [4.78, 5) is 12.4. The maximum absolute atomic E-state index is 12.4. The lowest BCUT2D eigenvalue weighted by molar-refractivity contribution is -0.117. The number of rotatable bonds is 8. The summed E-state index contributed by atoms with van der Waals surface area (Å²) >= 11 is 0. The van der Waals surface area contributed by atoms with Crippen LogP contribution in [0.5, 0.6) is 11.5 Å². The van der Waals surface area contributed by atoms with Crippen molar-refractivity contribution < 1.29 is 14.3 Å². The van der Waals surface area contributed by atoms with Gasteiger partial charge in [-0.05, 0) is 49.6 Å². The minimum Gasteiger partial charge on any atom is -0.490 e. The Hall–Kier alpha value is -3.77. The summed E-state index contributed by atoms with van der Waals surface area (Å²) in [6.07, 6.45) is 5.69. The van der Waals surface area contributed by atoms with Crippen molar-refractivity contribution in [1.82, 2.24) is 5.32 Å². The van der Waals surface area contributed by atoms with Crippen LogP contribution in [0.4, 0.5) is 0 Å². The zero-order valence-electron chi connectivity index (χ0n) is 17.6. The molecule has 0 radical (unpaired) electrons. The number of carbonyl (C=O) groups excluding carboxylic acids is 1. The van der Waals surface area contributed by atoms with Crippen LogP contribution in [0.1, 0.15) is 49.3 Å². The number of nitrogens with one attached hydrogen (secondary N) is 1. The third-order valence-electron chi connectivity index (χ3n) is 5.16. The van der Waals surface area contributed by atoms with Gasteiger partial charge < -0.3 is 14.8 Å². The monoisotopic (exact) mass is 415 g/mol. The fourth-order valence-electron chi connectivity index (χ4n) is 3.56. The van der Waals surface area contributed by atoms with Crippen LogP contribution >= 0.6 is 0 Å². The summed E-state index contributed by atoms with van der Waals surface area (Å²) in [6.45, 7) is 2.53. The normalized spacial score (nSPS) is 13.8. The highest BCUT2D eigenvalue weighted by Crippen LogP contribution is 2.30. The maximum atomic E-state index is 12.4. The summed E-state index contributed by atoms with van der Waals surface area (Å²) < 4.78 is 11.6. The maximum Gasteiger partial charge on any atom is 0.262 e.